The van der Waals surface area contributed by atoms with Crippen molar-refractivity contribution in [2.45, 2.75) is 56.4 Å². The van der Waals surface area contributed by atoms with Crippen molar-refractivity contribution in [2.24, 2.45) is 0 Å². The quantitative estimate of drug-likeness (QED) is 0.254. The predicted molar refractivity (Wildman–Crippen MR) is 101 cm³/mol. The number of unbranched alkanes of at least 4 members (excludes halogenated alkanes) is 5. The van der Waals surface area contributed by atoms with Crippen LogP contribution in [0.15, 0.2) is 0 Å². The number of hydrogen-bond donors (Lipinski definition) is 0. The van der Waals surface area contributed by atoms with Gasteiger partial charge in [-0.2, -0.15) is 0 Å². The van der Waals surface area contributed by atoms with E-state index in [-0.39, 0.29) is 0 Å². The second kappa shape index (κ2) is 13.5. The van der Waals surface area contributed by atoms with Crippen molar-refractivity contribution < 1.29 is 13.3 Å². The maximum Gasteiger partial charge on any atom is 0.500 e. The van der Waals surface area contributed by atoms with Gasteiger partial charge in [0.25, 0.3) is 0 Å². The van der Waals surface area contributed by atoms with Crippen molar-refractivity contribution in [3.05, 3.63) is 0 Å². The average molecular weight is 363 g/mol. The Kier molecular flexibility index (Phi) is 13.7. The lowest BCUT2D eigenvalue weighted by molar-refractivity contribution is 0.122. The highest BCUT2D eigenvalue weighted by atomic mass is 28.4. The molecule has 0 unspecified atom stereocenters. The van der Waals surface area contributed by atoms with Crippen LogP contribution in [0.5, 0.6) is 0 Å². The van der Waals surface area contributed by atoms with Crippen molar-refractivity contribution in [1.82, 2.24) is 9.80 Å². The van der Waals surface area contributed by atoms with E-state index in [0.717, 1.165) is 22.0 Å². The maximum absolute atomic E-state index is 5.44. The van der Waals surface area contributed by atoms with Crippen molar-refractivity contribution in [3.8, 4) is 0 Å². The molecule has 0 saturated carbocycles. The van der Waals surface area contributed by atoms with Crippen molar-refractivity contribution in [2.75, 3.05) is 49.5 Å². The molecule has 0 aromatic carbocycles. The number of nitrogens with zero attached hydrogens (tertiary/aromatic N) is 2. The first kappa shape index (κ1) is 23.2. The Morgan fingerprint density at radius 3 is 1.61 bits per heavy atom. The summed E-state index contributed by atoms with van der Waals surface area (Å²) in [7, 11) is 12.4. The van der Waals surface area contributed by atoms with E-state index in [1.165, 1.54) is 38.1 Å². The molecule has 7 heteroatoms. The smallest absolute Gasteiger partial charge is 0.377 e. The predicted octanol–water partition coefficient (Wildman–Crippen LogP) is 2.73. The minimum atomic E-state index is -2.34. The zero-order chi connectivity index (χ0) is 17.7. The molecule has 0 amide bonds. The van der Waals surface area contributed by atoms with Crippen LogP contribution >= 0.6 is 0 Å². The summed E-state index contributed by atoms with van der Waals surface area (Å²) in [5.74, 6) is 0.588. The molecule has 0 aliphatic carbocycles. The summed E-state index contributed by atoms with van der Waals surface area (Å²) in [5, 5.41) is 0. The van der Waals surface area contributed by atoms with E-state index in [4.69, 9.17) is 13.3 Å². The van der Waals surface area contributed by atoms with E-state index in [1.807, 2.05) is 0 Å². The molecule has 0 heterocycles. The van der Waals surface area contributed by atoms with Crippen LogP contribution in [0.2, 0.25) is 12.1 Å². The molecule has 138 valence electrons. The van der Waals surface area contributed by atoms with Crippen LogP contribution in [0, 0.1) is 0 Å². The first-order valence-electron chi connectivity index (χ1n) is 8.64. The van der Waals surface area contributed by atoms with Gasteiger partial charge in [0.1, 0.15) is 0 Å². The fraction of sp³-hybridized carbons (Fsp3) is 1.00. The lowest BCUT2D eigenvalue weighted by Gasteiger charge is -2.30. The molecule has 0 N–H and O–H groups in total. The zero-order valence-corrected chi connectivity index (χ0v) is 18.4. The molecule has 0 aliphatic heterocycles. The standard InChI is InChI=1S/C16H38N2O3Si2/c1-17(2)16(18(3)4)22-14-12-10-8-9-11-13-15-23(19-5,20-6)21-7/h16H,8-15H2,1-7H3. The van der Waals surface area contributed by atoms with Crippen molar-refractivity contribution >= 4 is 18.3 Å². The summed E-state index contributed by atoms with van der Waals surface area (Å²) >= 11 is 0. The van der Waals surface area contributed by atoms with Gasteiger partial charge in [-0.15, -0.1) is 0 Å². The Hall–Kier alpha value is 0.234. The molecule has 2 radical (unpaired) electrons. The van der Waals surface area contributed by atoms with Gasteiger partial charge >= 0.3 is 8.80 Å². The topological polar surface area (TPSA) is 34.2 Å². The molecule has 0 rings (SSSR count). The second-order valence-electron chi connectivity index (χ2n) is 6.42. The van der Waals surface area contributed by atoms with E-state index in [9.17, 15) is 0 Å². The van der Waals surface area contributed by atoms with Crippen LogP contribution in [-0.4, -0.2) is 83.4 Å². The minimum absolute atomic E-state index is 0.588. The Balaban J connectivity index is 3.60. The average Bonchev–Trinajstić information content (AvgIpc) is 2.52. The molecule has 0 bridgehead atoms. The van der Waals surface area contributed by atoms with Crippen molar-refractivity contribution in [1.29, 1.82) is 0 Å². The SMILES string of the molecule is CO[Si](CCCCCCCC[Si]C(N(C)C)N(C)C)(OC)OC. The summed E-state index contributed by atoms with van der Waals surface area (Å²) in [6, 6.07) is 2.26. The van der Waals surface area contributed by atoms with Crippen LogP contribution in [0.25, 0.3) is 0 Å². The molecule has 0 spiro atoms. The molecule has 0 aromatic rings. The Morgan fingerprint density at radius 1 is 0.739 bits per heavy atom. The third kappa shape index (κ3) is 9.96. The maximum atomic E-state index is 5.44. The first-order chi connectivity index (χ1) is 10.9. The minimum Gasteiger partial charge on any atom is -0.377 e. The van der Waals surface area contributed by atoms with E-state index in [2.05, 4.69) is 38.0 Å². The summed E-state index contributed by atoms with van der Waals surface area (Å²) in [6.07, 6.45) is 7.71. The zero-order valence-electron chi connectivity index (χ0n) is 16.4. The Labute approximate surface area is 147 Å². The summed E-state index contributed by atoms with van der Waals surface area (Å²) < 4.78 is 16.3. The van der Waals surface area contributed by atoms with Crippen LogP contribution < -0.4 is 0 Å². The number of rotatable bonds is 15. The molecule has 0 aromatic heterocycles. The molecular weight excluding hydrogens is 324 g/mol. The first-order valence-corrected chi connectivity index (χ1v) is 11.9. The summed E-state index contributed by atoms with van der Waals surface area (Å²) in [5.41, 5.74) is 0. The number of hydrogen-bond acceptors (Lipinski definition) is 5. The van der Waals surface area contributed by atoms with E-state index in [1.54, 1.807) is 21.3 Å². The normalized spacial score (nSPS) is 12.8. The lowest BCUT2D eigenvalue weighted by Crippen LogP contribution is -2.44. The highest BCUT2D eigenvalue weighted by Crippen LogP contribution is 2.18. The Bertz CT molecular complexity index is 262. The van der Waals surface area contributed by atoms with Crippen molar-refractivity contribution in [3.63, 3.8) is 0 Å². The van der Waals surface area contributed by atoms with Gasteiger partial charge in [0.05, 0.1) is 9.52 Å². The summed E-state index contributed by atoms with van der Waals surface area (Å²) in [6.45, 7) is 0. The van der Waals surface area contributed by atoms with E-state index < -0.39 is 8.80 Å². The molecule has 0 saturated heterocycles. The molecule has 5 nitrogen and oxygen atoms in total. The van der Waals surface area contributed by atoms with E-state index in [0.29, 0.717) is 5.79 Å². The monoisotopic (exact) mass is 362 g/mol. The third-order valence-electron chi connectivity index (χ3n) is 4.15. The molecule has 0 atom stereocenters. The highest BCUT2D eigenvalue weighted by Gasteiger charge is 2.36. The van der Waals surface area contributed by atoms with Crippen LogP contribution in [0.1, 0.15) is 38.5 Å². The Morgan fingerprint density at radius 2 is 1.17 bits per heavy atom. The van der Waals surface area contributed by atoms with Crippen LogP contribution in [0.4, 0.5) is 0 Å². The van der Waals surface area contributed by atoms with Crippen LogP contribution in [0.3, 0.4) is 0 Å². The molecule has 23 heavy (non-hydrogen) atoms. The molecular formula is C16H38N2O3Si2. The summed E-state index contributed by atoms with van der Waals surface area (Å²) in [4.78, 5) is 4.63. The third-order valence-corrected chi connectivity index (χ3v) is 9.02. The van der Waals surface area contributed by atoms with Gasteiger partial charge in [-0.3, -0.25) is 9.80 Å². The molecule has 0 aliphatic rings. The van der Waals surface area contributed by atoms with Crippen LogP contribution in [-0.2, 0) is 13.3 Å². The molecule has 0 fully saturated rings. The highest BCUT2D eigenvalue weighted by molar-refractivity contribution is 6.60. The lowest BCUT2D eigenvalue weighted by atomic mass is 10.1. The largest absolute Gasteiger partial charge is 0.500 e. The fourth-order valence-electron chi connectivity index (χ4n) is 2.79. The van der Waals surface area contributed by atoms with Gasteiger partial charge in [0.15, 0.2) is 0 Å². The van der Waals surface area contributed by atoms with Gasteiger partial charge in [-0.05, 0) is 34.6 Å². The van der Waals surface area contributed by atoms with Gasteiger partial charge in [0, 0.05) is 33.2 Å². The van der Waals surface area contributed by atoms with Gasteiger partial charge in [-0.1, -0.05) is 38.1 Å². The second-order valence-corrected chi connectivity index (χ2v) is 10.9. The van der Waals surface area contributed by atoms with E-state index >= 15 is 0 Å². The van der Waals surface area contributed by atoms with Gasteiger partial charge in [-0.25, -0.2) is 0 Å². The van der Waals surface area contributed by atoms with Gasteiger partial charge < -0.3 is 13.3 Å². The fourth-order valence-corrected chi connectivity index (χ4v) is 6.03. The van der Waals surface area contributed by atoms with Gasteiger partial charge in [0.2, 0.25) is 0 Å².